The van der Waals surface area contributed by atoms with E-state index in [9.17, 15) is 9.90 Å². The summed E-state index contributed by atoms with van der Waals surface area (Å²) in [4.78, 5) is 12.1. The number of carbonyl (C=O) groups is 1. The molecule has 0 amide bonds. The molecule has 0 spiro atoms. The highest BCUT2D eigenvalue weighted by molar-refractivity contribution is 5.76. The van der Waals surface area contributed by atoms with E-state index in [1.807, 2.05) is 32.0 Å². The molecule has 0 aliphatic heterocycles. The van der Waals surface area contributed by atoms with Crippen LogP contribution in [0.1, 0.15) is 50.7 Å². The van der Waals surface area contributed by atoms with Gasteiger partial charge in [-0.05, 0) is 38.3 Å². The van der Waals surface area contributed by atoms with Crippen molar-refractivity contribution in [3.05, 3.63) is 29.3 Å². The number of esters is 1. The maximum atomic E-state index is 12.1. The van der Waals surface area contributed by atoms with E-state index in [2.05, 4.69) is 6.92 Å². The Morgan fingerprint density at radius 3 is 2.40 bits per heavy atom. The minimum absolute atomic E-state index is 0.355. The number of aryl methyl sites for hydroxylation is 2. The van der Waals surface area contributed by atoms with Gasteiger partial charge in [-0.2, -0.15) is 0 Å². The number of ether oxygens (including phenoxy) is 1. The molecular weight excluding hydrogens is 252 g/mol. The van der Waals surface area contributed by atoms with Crippen molar-refractivity contribution in [2.75, 3.05) is 0 Å². The van der Waals surface area contributed by atoms with Crippen molar-refractivity contribution < 1.29 is 14.6 Å². The number of carbonyl (C=O) groups excluding carboxylic acids is 1. The molecule has 0 radical (unpaired) electrons. The van der Waals surface area contributed by atoms with Gasteiger partial charge in [-0.25, -0.2) is 0 Å². The molecule has 3 nitrogen and oxygen atoms in total. The molecule has 0 saturated carbocycles. The third kappa shape index (κ3) is 4.64. The predicted octanol–water partition coefficient (Wildman–Crippen LogP) is 3.79. The van der Waals surface area contributed by atoms with Gasteiger partial charge in [-0.3, -0.25) is 4.79 Å². The van der Waals surface area contributed by atoms with Crippen molar-refractivity contribution >= 4 is 5.97 Å². The molecule has 0 saturated heterocycles. The maximum Gasteiger partial charge on any atom is 0.316 e. The highest BCUT2D eigenvalue weighted by atomic mass is 16.5. The predicted molar refractivity (Wildman–Crippen MR) is 80.9 cm³/mol. The number of rotatable bonds is 7. The number of aliphatic hydroxyl groups is 1. The minimum atomic E-state index is -0.627. The van der Waals surface area contributed by atoms with Crippen LogP contribution in [0.4, 0.5) is 0 Å². The molecule has 1 aromatic rings. The van der Waals surface area contributed by atoms with Crippen molar-refractivity contribution in [2.24, 2.45) is 5.92 Å². The SMILES string of the molecule is CCCCC[C@H](O)[C@H](C)C(=O)Oc1c(C)cccc1C. The van der Waals surface area contributed by atoms with Crippen LogP contribution >= 0.6 is 0 Å². The second-order valence-corrected chi connectivity index (χ2v) is 5.49. The number of unbranched alkanes of at least 4 members (excludes halogenated alkanes) is 2. The molecule has 1 aromatic carbocycles. The fourth-order valence-electron chi connectivity index (χ4n) is 2.16. The van der Waals surface area contributed by atoms with Crippen molar-refractivity contribution in [1.29, 1.82) is 0 Å². The van der Waals surface area contributed by atoms with Gasteiger partial charge < -0.3 is 9.84 Å². The second kappa shape index (κ2) is 8.05. The second-order valence-electron chi connectivity index (χ2n) is 5.49. The fourth-order valence-corrected chi connectivity index (χ4v) is 2.16. The summed E-state index contributed by atoms with van der Waals surface area (Å²) in [6.07, 6.45) is 3.15. The maximum absolute atomic E-state index is 12.1. The van der Waals surface area contributed by atoms with E-state index < -0.39 is 12.0 Å². The molecule has 0 aliphatic carbocycles. The van der Waals surface area contributed by atoms with Crippen molar-refractivity contribution in [3.8, 4) is 5.75 Å². The Morgan fingerprint density at radius 1 is 1.25 bits per heavy atom. The Kier molecular flexibility index (Phi) is 6.73. The van der Waals surface area contributed by atoms with Crippen LogP contribution < -0.4 is 4.74 Å². The summed E-state index contributed by atoms with van der Waals surface area (Å²) in [5.41, 5.74) is 1.87. The van der Waals surface area contributed by atoms with Crippen molar-refractivity contribution in [2.45, 2.75) is 59.5 Å². The Labute approximate surface area is 122 Å². The molecule has 0 bridgehead atoms. The summed E-state index contributed by atoms with van der Waals surface area (Å²) in [5.74, 6) is -0.234. The van der Waals surface area contributed by atoms with Crippen LogP contribution in [0.25, 0.3) is 0 Å². The lowest BCUT2D eigenvalue weighted by Crippen LogP contribution is -2.29. The topological polar surface area (TPSA) is 46.5 Å². The van der Waals surface area contributed by atoms with Gasteiger partial charge in [-0.15, -0.1) is 0 Å². The van der Waals surface area contributed by atoms with Crippen molar-refractivity contribution in [3.63, 3.8) is 0 Å². The highest BCUT2D eigenvalue weighted by Gasteiger charge is 2.24. The van der Waals surface area contributed by atoms with E-state index in [1.165, 1.54) is 0 Å². The van der Waals surface area contributed by atoms with Crippen LogP contribution in [0.2, 0.25) is 0 Å². The molecule has 0 aliphatic rings. The van der Waals surface area contributed by atoms with Gasteiger partial charge in [0.1, 0.15) is 5.75 Å². The lowest BCUT2D eigenvalue weighted by molar-refractivity contribution is -0.142. The Morgan fingerprint density at radius 2 is 1.85 bits per heavy atom. The summed E-state index contributed by atoms with van der Waals surface area (Å²) in [6.45, 7) is 7.67. The molecule has 0 heterocycles. The number of aliphatic hydroxyl groups excluding tert-OH is 1. The van der Waals surface area contributed by atoms with E-state index in [-0.39, 0.29) is 5.97 Å². The van der Waals surface area contributed by atoms with Crippen LogP contribution in [-0.2, 0) is 4.79 Å². The van der Waals surface area contributed by atoms with Gasteiger partial charge in [0.05, 0.1) is 12.0 Å². The third-order valence-corrected chi connectivity index (χ3v) is 3.66. The summed E-state index contributed by atoms with van der Waals surface area (Å²) < 4.78 is 5.47. The first-order chi connectivity index (χ1) is 9.47. The first-order valence-electron chi connectivity index (χ1n) is 7.43. The van der Waals surface area contributed by atoms with E-state index in [0.717, 1.165) is 30.4 Å². The number of para-hydroxylation sites is 1. The van der Waals surface area contributed by atoms with Crippen LogP contribution in [0.5, 0.6) is 5.75 Å². The quantitative estimate of drug-likeness (QED) is 0.469. The van der Waals surface area contributed by atoms with Gasteiger partial charge >= 0.3 is 5.97 Å². The van der Waals surface area contributed by atoms with Crippen LogP contribution in [0, 0.1) is 19.8 Å². The van der Waals surface area contributed by atoms with E-state index in [0.29, 0.717) is 12.2 Å². The number of hydrogen-bond acceptors (Lipinski definition) is 3. The molecule has 3 heteroatoms. The summed E-state index contributed by atoms with van der Waals surface area (Å²) in [5, 5.41) is 10.0. The molecule has 1 N–H and O–H groups in total. The number of benzene rings is 1. The zero-order valence-electron chi connectivity index (χ0n) is 13.0. The molecule has 2 atom stereocenters. The zero-order valence-corrected chi connectivity index (χ0v) is 13.0. The van der Waals surface area contributed by atoms with Crippen molar-refractivity contribution in [1.82, 2.24) is 0 Å². The first-order valence-corrected chi connectivity index (χ1v) is 7.43. The molecule has 1 rings (SSSR count). The van der Waals surface area contributed by atoms with Crippen LogP contribution in [0.3, 0.4) is 0 Å². The van der Waals surface area contributed by atoms with Gasteiger partial charge in [0.2, 0.25) is 0 Å². The smallest absolute Gasteiger partial charge is 0.316 e. The highest BCUT2D eigenvalue weighted by Crippen LogP contribution is 2.24. The summed E-state index contributed by atoms with van der Waals surface area (Å²) >= 11 is 0. The molecule has 0 fully saturated rings. The molecule has 20 heavy (non-hydrogen) atoms. The Bertz CT molecular complexity index is 420. The fraction of sp³-hybridized carbons (Fsp3) is 0.588. The zero-order chi connectivity index (χ0) is 15.1. The average molecular weight is 278 g/mol. The van der Waals surface area contributed by atoms with Crippen LogP contribution in [0.15, 0.2) is 18.2 Å². The normalized spacial score (nSPS) is 13.8. The van der Waals surface area contributed by atoms with E-state index >= 15 is 0 Å². The summed E-state index contributed by atoms with van der Waals surface area (Å²) in [7, 11) is 0. The first kappa shape index (κ1) is 16.7. The van der Waals surface area contributed by atoms with Gasteiger partial charge in [-0.1, -0.05) is 44.4 Å². The van der Waals surface area contributed by atoms with E-state index in [4.69, 9.17) is 4.74 Å². The average Bonchev–Trinajstić information content (AvgIpc) is 2.42. The van der Waals surface area contributed by atoms with Gasteiger partial charge in [0.15, 0.2) is 0 Å². The summed E-state index contributed by atoms with van der Waals surface area (Å²) in [6, 6.07) is 5.76. The Balaban J connectivity index is 2.61. The number of hydrogen-bond donors (Lipinski definition) is 1. The van der Waals surface area contributed by atoms with Gasteiger partial charge in [0.25, 0.3) is 0 Å². The lowest BCUT2D eigenvalue weighted by Gasteiger charge is -2.19. The minimum Gasteiger partial charge on any atom is -0.426 e. The van der Waals surface area contributed by atoms with E-state index in [1.54, 1.807) is 6.92 Å². The standard InChI is InChI=1S/C17H26O3/c1-5-6-7-11-15(18)14(4)17(19)20-16-12(2)9-8-10-13(16)3/h8-10,14-15,18H,5-7,11H2,1-4H3/t14-,15-/m0/s1. The van der Waals surface area contributed by atoms with Crippen LogP contribution in [-0.4, -0.2) is 17.2 Å². The largest absolute Gasteiger partial charge is 0.426 e. The molecular formula is C17H26O3. The monoisotopic (exact) mass is 278 g/mol. The lowest BCUT2D eigenvalue weighted by atomic mass is 9.99. The molecule has 112 valence electrons. The molecule has 0 aromatic heterocycles. The van der Waals surface area contributed by atoms with Gasteiger partial charge in [0, 0.05) is 0 Å². The molecule has 0 unspecified atom stereocenters. The third-order valence-electron chi connectivity index (χ3n) is 3.66. The Hall–Kier alpha value is -1.35.